The summed E-state index contributed by atoms with van der Waals surface area (Å²) in [6.07, 6.45) is 9.41. The minimum absolute atomic E-state index is 0.0107. The second-order valence-corrected chi connectivity index (χ2v) is 7.13. The Morgan fingerprint density at radius 3 is 1.71 bits per heavy atom. The van der Waals surface area contributed by atoms with E-state index in [1.54, 1.807) is 42.5 Å². The predicted molar refractivity (Wildman–Crippen MR) is 120 cm³/mol. The highest BCUT2D eigenvalue weighted by molar-refractivity contribution is 6.02. The zero-order chi connectivity index (χ0) is 22.9. The number of carboxylic acid groups (broad SMARTS) is 2. The lowest BCUT2D eigenvalue weighted by atomic mass is 10.1. The molecule has 0 heterocycles. The first-order chi connectivity index (χ1) is 15.0. The van der Waals surface area contributed by atoms with Gasteiger partial charge < -0.3 is 14.9 Å². The van der Waals surface area contributed by atoms with Crippen LogP contribution in [0.4, 0.5) is 0 Å². The zero-order valence-corrected chi connectivity index (χ0v) is 18.1. The topological polar surface area (TPSA) is 101 Å². The summed E-state index contributed by atoms with van der Waals surface area (Å²) in [5.74, 6) is -2.55. The van der Waals surface area contributed by atoms with Crippen molar-refractivity contribution in [1.29, 1.82) is 0 Å². The van der Waals surface area contributed by atoms with Crippen molar-refractivity contribution in [2.24, 2.45) is 0 Å². The summed E-state index contributed by atoms with van der Waals surface area (Å²) >= 11 is 0. The van der Waals surface area contributed by atoms with Gasteiger partial charge in [0, 0.05) is 0 Å². The highest BCUT2D eigenvalue weighted by Crippen LogP contribution is 2.12. The maximum atomic E-state index is 11.9. The molecule has 6 nitrogen and oxygen atoms in total. The van der Waals surface area contributed by atoms with E-state index in [4.69, 9.17) is 14.9 Å². The summed E-state index contributed by atoms with van der Waals surface area (Å²) in [7, 11) is 0. The Morgan fingerprint density at radius 2 is 1.19 bits per heavy atom. The third-order valence-corrected chi connectivity index (χ3v) is 4.63. The van der Waals surface area contributed by atoms with E-state index in [2.05, 4.69) is 6.92 Å². The fourth-order valence-electron chi connectivity index (χ4n) is 2.91. The fourth-order valence-corrected chi connectivity index (χ4v) is 2.91. The smallest absolute Gasteiger partial charge is 0.339 e. The van der Waals surface area contributed by atoms with Gasteiger partial charge in [0.2, 0.25) is 0 Å². The maximum absolute atomic E-state index is 11.9. The van der Waals surface area contributed by atoms with E-state index in [0.717, 1.165) is 19.3 Å². The molecule has 0 radical (unpaired) electrons. The molecule has 2 aromatic rings. The SMILES string of the molecule is CCCCCCCCCCOC(=O)c1ccccc1C(=O)O.O=C(O)c1ccccc1. The van der Waals surface area contributed by atoms with Crippen molar-refractivity contribution in [2.75, 3.05) is 6.61 Å². The predicted octanol–water partition coefficient (Wildman–Crippen LogP) is 6.07. The number of unbranched alkanes of at least 4 members (excludes halogenated alkanes) is 7. The molecule has 0 saturated heterocycles. The molecular formula is C25H32O6. The Balaban J connectivity index is 0.000000442. The Bertz CT molecular complexity index is 801. The molecule has 0 bridgehead atoms. The van der Waals surface area contributed by atoms with Gasteiger partial charge in [-0.05, 0) is 30.7 Å². The fraction of sp³-hybridized carbons (Fsp3) is 0.400. The first-order valence-electron chi connectivity index (χ1n) is 10.7. The lowest BCUT2D eigenvalue weighted by molar-refractivity contribution is 0.0487. The third kappa shape index (κ3) is 11.0. The van der Waals surface area contributed by atoms with Crippen LogP contribution in [-0.2, 0) is 4.74 Å². The van der Waals surface area contributed by atoms with Crippen molar-refractivity contribution in [3.63, 3.8) is 0 Å². The summed E-state index contributed by atoms with van der Waals surface area (Å²) in [5, 5.41) is 17.4. The van der Waals surface area contributed by atoms with Crippen molar-refractivity contribution >= 4 is 17.9 Å². The van der Waals surface area contributed by atoms with Gasteiger partial charge in [0.1, 0.15) is 0 Å². The molecule has 0 amide bonds. The molecule has 0 spiro atoms. The van der Waals surface area contributed by atoms with E-state index < -0.39 is 17.9 Å². The molecule has 0 saturated carbocycles. The molecule has 2 aromatic carbocycles. The maximum Gasteiger partial charge on any atom is 0.339 e. The quantitative estimate of drug-likeness (QED) is 0.314. The number of rotatable bonds is 12. The van der Waals surface area contributed by atoms with Gasteiger partial charge >= 0.3 is 17.9 Å². The molecule has 31 heavy (non-hydrogen) atoms. The third-order valence-electron chi connectivity index (χ3n) is 4.63. The number of carbonyl (C=O) groups excluding carboxylic acids is 1. The van der Waals surface area contributed by atoms with Crippen LogP contribution in [0.5, 0.6) is 0 Å². The molecule has 2 rings (SSSR count). The van der Waals surface area contributed by atoms with Gasteiger partial charge in [0.15, 0.2) is 0 Å². The molecule has 0 aliphatic carbocycles. The average molecular weight is 429 g/mol. The summed E-state index contributed by atoms with van der Waals surface area (Å²) in [5.41, 5.74) is 0.440. The van der Waals surface area contributed by atoms with Crippen LogP contribution < -0.4 is 0 Å². The summed E-state index contributed by atoms with van der Waals surface area (Å²) in [4.78, 5) is 33.1. The molecule has 0 unspecified atom stereocenters. The highest BCUT2D eigenvalue weighted by atomic mass is 16.5. The minimum Gasteiger partial charge on any atom is -0.478 e. The van der Waals surface area contributed by atoms with Crippen LogP contribution in [0.15, 0.2) is 54.6 Å². The molecule has 0 aliphatic heterocycles. The number of hydrogen-bond acceptors (Lipinski definition) is 4. The molecule has 2 N–H and O–H groups in total. The van der Waals surface area contributed by atoms with E-state index in [1.165, 1.54) is 44.2 Å². The van der Waals surface area contributed by atoms with E-state index in [-0.39, 0.29) is 11.1 Å². The van der Waals surface area contributed by atoms with Gasteiger partial charge in [0.25, 0.3) is 0 Å². The second kappa shape index (κ2) is 15.7. The Kier molecular flexibility index (Phi) is 13.1. The van der Waals surface area contributed by atoms with Crippen molar-refractivity contribution in [3.8, 4) is 0 Å². The average Bonchev–Trinajstić information content (AvgIpc) is 2.78. The van der Waals surface area contributed by atoms with Crippen molar-refractivity contribution < 1.29 is 29.3 Å². The van der Waals surface area contributed by atoms with Crippen molar-refractivity contribution in [2.45, 2.75) is 58.3 Å². The molecule has 0 atom stereocenters. The number of carbonyl (C=O) groups is 3. The summed E-state index contributed by atoms with van der Waals surface area (Å²) in [6, 6.07) is 14.4. The number of esters is 1. The Hall–Kier alpha value is -3.15. The van der Waals surface area contributed by atoms with E-state index >= 15 is 0 Å². The summed E-state index contributed by atoms with van der Waals surface area (Å²) in [6.45, 7) is 2.55. The normalized spacial score (nSPS) is 9.97. The lowest BCUT2D eigenvalue weighted by Gasteiger charge is -2.07. The van der Waals surface area contributed by atoms with Gasteiger partial charge in [-0.1, -0.05) is 82.2 Å². The van der Waals surface area contributed by atoms with Crippen molar-refractivity contribution in [1.82, 2.24) is 0 Å². The first-order valence-corrected chi connectivity index (χ1v) is 10.7. The van der Waals surface area contributed by atoms with Crippen LogP contribution in [0.25, 0.3) is 0 Å². The molecular weight excluding hydrogens is 396 g/mol. The van der Waals surface area contributed by atoms with Gasteiger partial charge in [-0.25, -0.2) is 14.4 Å². The monoisotopic (exact) mass is 428 g/mol. The molecule has 168 valence electrons. The van der Waals surface area contributed by atoms with Crippen LogP contribution in [-0.4, -0.2) is 34.7 Å². The van der Waals surface area contributed by atoms with E-state index in [0.29, 0.717) is 12.2 Å². The van der Waals surface area contributed by atoms with Gasteiger partial charge in [0.05, 0.1) is 23.3 Å². The van der Waals surface area contributed by atoms with E-state index in [1.807, 2.05) is 0 Å². The van der Waals surface area contributed by atoms with Crippen LogP contribution in [0, 0.1) is 0 Å². The van der Waals surface area contributed by atoms with Crippen LogP contribution in [0.1, 0.15) is 89.4 Å². The zero-order valence-electron chi connectivity index (χ0n) is 18.1. The van der Waals surface area contributed by atoms with Gasteiger partial charge in [-0.2, -0.15) is 0 Å². The number of benzene rings is 2. The van der Waals surface area contributed by atoms with Crippen LogP contribution >= 0.6 is 0 Å². The molecule has 0 aromatic heterocycles. The van der Waals surface area contributed by atoms with Crippen LogP contribution in [0.3, 0.4) is 0 Å². The largest absolute Gasteiger partial charge is 0.478 e. The number of ether oxygens (including phenoxy) is 1. The lowest BCUT2D eigenvalue weighted by Crippen LogP contribution is -2.12. The van der Waals surface area contributed by atoms with Crippen molar-refractivity contribution in [3.05, 3.63) is 71.3 Å². The van der Waals surface area contributed by atoms with Gasteiger partial charge in [-0.15, -0.1) is 0 Å². The standard InChI is InChI=1S/C18H26O4.C7H6O2/c1-2-3-4-5-6-7-8-11-14-22-18(21)16-13-10-9-12-15(16)17(19)20;8-7(9)6-4-2-1-3-5-6/h9-10,12-13H,2-8,11,14H2,1H3,(H,19,20);1-5H,(H,8,9). The number of carboxylic acids is 2. The molecule has 0 fully saturated rings. The first kappa shape index (κ1) is 25.9. The van der Waals surface area contributed by atoms with Crippen LogP contribution in [0.2, 0.25) is 0 Å². The van der Waals surface area contributed by atoms with Gasteiger partial charge in [-0.3, -0.25) is 0 Å². The second-order valence-electron chi connectivity index (χ2n) is 7.13. The highest BCUT2D eigenvalue weighted by Gasteiger charge is 2.16. The summed E-state index contributed by atoms with van der Waals surface area (Å²) < 4.78 is 5.16. The Labute approximate surface area is 183 Å². The Morgan fingerprint density at radius 1 is 0.677 bits per heavy atom. The minimum atomic E-state index is -1.11. The molecule has 6 heteroatoms. The number of aromatic carboxylic acids is 2. The van der Waals surface area contributed by atoms with E-state index in [9.17, 15) is 14.4 Å². The number of hydrogen-bond donors (Lipinski definition) is 2. The molecule has 0 aliphatic rings.